The molecule has 0 unspecified atom stereocenters. The molecule has 1 aromatic rings. The van der Waals surface area contributed by atoms with Gasteiger partial charge in [0, 0.05) is 43.5 Å². The Bertz CT molecular complexity index is 584. The molecule has 122 valence electrons. The lowest BCUT2D eigenvalue weighted by atomic mass is 10.2. The van der Waals surface area contributed by atoms with Gasteiger partial charge in [-0.05, 0) is 19.0 Å². The predicted octanol–water partition coefficient (Wildman–Crippen LogP) is 0.574. The lowest BCUT2D eigenvalue weighted by molar-refractivity contribution is -0.134. The molecule has 0 aromatic carbocycles. The number of pyridine rings is 1. The Balaban J connectivity index is 0.000000284. The van der Waals surface area contributed by atoms with Crippen LogP contribution in [0.2, 0.25) is 0 Å². The number of nitrogens with one attached hydrogen (secondary N) is 1. The fraction of sp³-hybridized carbons (Fsp3) is 0.312. The monoisotopic (exact) mass is 317 g/mol. The molecule has 1 aromatic heterocycles. The summed E-state index contributed by atoms with van der Waals surface area (Å²) < 4.78 is 0. The summed E-state index contributed by atoms with van der Waals surface area (Å²) in [6, 6.07) is 2.03. The van der Waals surface area contributed by atoms with Crippen LogP contribution in [0.1, 0.15) is 12.0 Å². The zero-order valence-electron chi connectivity index (χ0n) is 12.6. The molecule has 1 aliphatic rings. The highest BCUT2D eigenvalue weighted by molar-refractivity contribution is 5.89. The van der Waals surface area contributed by atoms with Gasteiger partial charge in [0.1, 0.15) is 0 Å². The van der Waals surface area contributed by atoms with E-state index in [2.05, 4.69) is 21.1 Å². The molecule has 7 heteroatoms. The first-order chi connectivity index (χ1) is 11.0. The van der Waals surface area contributed by atoms with Gasteiger partial charge in [0.25, 0.3) is 0 Å². The van der Waals surface area contributed by atoms with Crippen LogP contribution >= 0.6 is 0 Å². The number of carboxylic acid groups (broad SMARTS) is 2. The third-order valence-corrected chi connectivity index (χ3v) is 2.96. The van der Waals surface area contributed by atoms with Crippen LogP contribution in [0, 0.1) is 12.3 Å². The van der Waals surface area contributed by atoms with Gasteiger partial charge in [0.2, 0.25) is 0 Å². The highest BCUT2D eigenvalue weighted by Gasteiger charge is 2.09. The van der Waals surface area contributed by atoms with Gasteiger partial charge in [-0.3, -0.25) is 4.98 Å². The standard InChI is InChI=1S/C12H15N3.C4H4O4/c1-2-11-8-12(10-14-9-11)15-6-3-4-13-5-7-15;5-3(6)1-2-4(7)8/h1,8-10,13H,3-7H2;1-2H,(H,5,6)(H,7,8)/b;2-1+. The minimum absolute atomic E-state index is 0.558. The highest BCUT2D eigenvalue weighted by atomic mass is 16.4. The van der Waals surface area contributed by atoms with E-state index < -0.39 is 11.9 Å². The minimum Gasteiger partial charge on any atom is -0.478 e. The second-order valence-corrected chi connectivity index (χ2v) is 4.68. The summed E-state index contributed by atoms with van der Waals surface area (Å²) in [4.78, 5) is 25.6. The van der Waals surface area contributed by atoms with E-state index in [1.54, 1.807) is 6.20 Å². The van der Waals surface area contributed by atoms with Crippen molar-refractivity contribution in [2.45, 2.75) is 6.42 Å². The van der Waals surface area contributed by atoms with Crippen molar-refractivity contribution in [1.29, 1.82) is 0 Å². The number of nitrogens with zero attached hydrogens (tertiary/aromatic N) is 2. The number of carbonyl (C=O) groups is 2. The molecule has 0 aliphatic carbocycles. The summed E-state index contributed by atoms with van der Waals surface area (Å²) in [6.07, 6.45) is 11.2. The largest absolute Gasteiger partial charge is 0.478 e. The molecule has 23 heavy (non-hydrogen) atoms. The molecule has 0 spiro atoms. The Kier molecular flexibility index (Phi) is 7.89. The normalized spacial score (nSPS) is 14.3. The van der Waals surface area contributed by atoms with E-state index in [9.17, 15) is 9.59 Å². The van der Waals surface area contributed by atoms with Crippen LogP contribution in [-0.4, -0.2) is 53.3 Å². The number of aromatic nitrogens is 1. The van der Waals surface area contributed by atoms with Crippen LogP contribution < -0.4 is 10.2 Å². The van der Waals surface area contributed by atoms with Gasteiger partial charge in [-0.1, -0.05) is 5.92 Å². The summed E-state index contributed by atoms with van der Waals surface area (Å²) in [6.45, 7) is 4.22. The number of hydrogen-bond acceptors (Lipinski definition) is 5. The van der Waals surface area contributed by atoms with Crippen LogP contribution in [0.25, 0.3) is 0 Å². The molecule has 0 amide bonds. The van der Waals surface area contributed by atoms with E-state index in [-0.39, 0.29) is 0 Å². The van der Waals surface area contributed by atoms with Gasteiger partial charge in [0.15, 0.2) is 0 Å². The van der Waals surface area contributed by atoms with Crippen LogP contribution in [0.4, 0.5) is 5.69 Å². The number of terminal acetylenes is 1. The van der Waals surface area contributed by atoms with E-state index in [0.29, 0.717) is 12.2 Å². The number of rotatable bonds is 3. The maximum Gasteiger partial charge on any atom is 0.328 e. The molecule has 0 radical (unpaired) electrons. The summed E-state index contributed by atoms with van der Waals surface area (Å²) in [7, 11) is 0. The first kappa shape index (κ1) is 18.2. The predicted molar refractivity (Wildman–Crippen MR) is 86.3 cm³/mol. The van der Waals surface area contributed by atoms with Gasteiger partial charge >= 0.3 is 11.9 Å². The molecule has 2 rings (SSSR count). The van der Waals surface area contributed by atoms with Gasteiger partial charge in [-0.2, -0.15) is 0 Å². The van der Waals surface area contributed by atoms with Crippen molar-refractivity contribution in [1.82, 2.24) is 10.3 Å². The van der Waals surface area contributed by atoms with E-state index in [1.807, 2.05) is 12.3 Å². The summed E-state index contributed by atoms with van der Waals surface area (Å²) >= 11 is 0. The van der Waals surface area contributed by atoms with E-state index >= 15 is 0 Å². The van der Waals surface area contributed by atoms with Crippen molar-refractivity contribution in [2.24, 2.45) is 0 Å². The van der Waals surface area contributed by atoms with Gasteiger partial charge in [0.05, 0.1) is 11.9 Å². The average molecular weight is 317 g/mol. The lowest BCUT2D eigenvalue weighted by Gasteiger charge is -2.21. The van der Waals surface area contributed by atoms with Crippen molar-refractivity contribution in [3.05, 3.63) is 36.2 Å². The topological polar surface area (TPSA) is 103 Å². The first-order valence-corrected chi connectivity index (χ1v) is 7.04. The molecule has 1 fully saturated rings. The van der Waals surface area contributed by atoms with Gasteiger partial charge in [-0.25, -0.2) is 9.59 Å². The van der Waals surface area contributed by atoms with E-state index in [4.69, 9.17) is 16.6 Å². The van der Waals surface area contributed by atoms with Crippen molar-refractivity contribution in [3.8, 4) is 12.3 Å². The summed E-state index contributed by atoms with van der Waals surface area (Å²) in [5, 5.41) is 19.0. The van der Waals surface area contributed by atoms with Crippen molar-refractivity contribution < 1.29 is 19.8 Å². The minimum atomic E-state index is -1.26. The maximum absolute atomic E-state index is 9.55. The van der Waals surface area contributed by atoms with Crippen molar-refractivity contribution >= 4 is 17.6 Å². The molecular weight excluding hydrogens is 298 g/mol. The molecule has 3 N–H and O–H groups in total. The molecule has 7 nitrogen and oxygen atoms in total. The van der Waals surface area contributed by atoms with E-state index in [0.717, 1.165) is 37.4 Å². The third kappa shape index (κ3) is 7.64. The van der Waals surface area contributed by atoms with E-state index in [1.165, 1.54) is 6.42 Å². The Morgan fingerprint density at radius 1 is 1.22 bits per heavy atom. The molecule has 0 saturated carbocycles. The Hall–Kier alpha value is -2.85. The molecule has 0 atom stereocenters. The number of carboxylic acids is 2. The number of anilines is 1. The Morgan fingerprint density at radius 3 is 2.52 bits per heavy atom. The van der Waals surface area contributed by atoms with Crippen molar-refractivity contribution in [3.63, 3.8) is 0 Å². The zero-order valence-corrected chi connectivity index (χ0v) is 12.6. The third-order valence-electron chi connectivity index (χ3n) is 2.96. The Labute approximate surface area is 134 Å². The van der Waals surface area contributed by atoms with Crippen LogP contribution in [0.5, 0.6) is 0 Å². The molecule has 2 heterocycles. The number of hydrogen-bond donors (Lipinski definition) is 3. The van der Waals surface area contributed by atoms with Crippen LogP contribution in [0.15, 0.2) is 30.6 Å². The maximum atomic E-state index is 9.55. The SMILES string of the molecule is C#Cc1cncc(N2CCCNCC2)c1.O=C(O)/C=C/C(=O)O. The average Bonchev–Trinajstić information content (AvgIpc) is 2.83. The zero-order chi connectivity index (χ0) is 17.1. The van der Waals surface area contributed by atoms with Gasteiger partial charge in [-0.15, -0.1) is 6.42 Å². The number of aliphatic carboxylic acids is 2. The second kappa shape index (κ2) is 9.97. The molecular formula is C16H19N3O4. The highest BCUT2D eigenvalue weighted by Crippen LogP contribution is 2.14. The smallest absolute Gasteiger partial charge is 0.328 e. The van der Waals surface area contributed by atoms with Crippen LogP contribution in [-0.2, 0) is 9.59 Å². The van der Waals surface area contributed by atoms with Gasteiger partial charge < -0.3 is 20.4 Å². The quantitative estimate of drug-likeness (QED) is 0.553. The first-order valence-electron chi connectivity index (χ1n) is 7.04. The lowest BCUT2D eigenvalue weighted by Crippen LogP contribution is -2.27. The molecule has 0 bridgehead atoms. The summed E-state index contributed by atoms with van der Waals surface area (Å²) in [5.41, 5.74) is 1.99. The fourth-order valence-electron chi connectivity index (χ4n) is 1.93. The molecule has 1 aliphatic heterocycles. The second-order valence-electron chi connectivity index (χ2n) is 4.68. The Morgan fingerprint density at radius 2 is 1.91 bits per heavy atom. The molecule has 1 saturated heterocycles. The fourth-order valence-corrected chi connectivity index (χ4v) is 1.93. The van der Waals surface area contributed by atoms with Crippen molar-refractivity contribution in [2.75, 3.05) is 31.1 Å². The van der Waals surface area contributed by atoms with Crippen LogP contribution in [0.3, 0.4) is 0 Å². The summed E-state index contributed by atoms with van der Waals surface area (Å²) in [5.74, 6) is 0.103.